The van der Waals surface area contributed by atoms with Gasteiger partial charge < -0.3 is 71.1 Å². The fourth-order valence-corrected chi connectivity index (χ4v) is 13.7. The van der Waals surface area contributed by atoms with Crippen LogP contribution in [0.25, 0.3) is 0 Å². The van der Waals surface area contributed by atoms with Gasteiger partial charge in [0.25, 0.3) is 6.71 Å². The Morgan fingerprint density at radius 1 is 0.0887 bits per heavy atom. The number of ether oxygens (including phenoxy) is 15. The third-order valence-corrected chi connectivity index (χ3v) is 19.3. The Balaban J connectivity index is 1.18. The third kappa shape index (κ3) is 18.6. The highest BCUT2D eigenvalue weighted by molar-refractivity contribution is 6.99. The first-order valence-electron chi connectivity index (χ1n) is 40.2. The van der Waals surface area contributed by atoms with Gasteiger partial charge in [0.1, 0.15) is 86.2 Å². The van der Waals surface area contributed by atoms with Gasteiger partial charge in [-0.1, -0.05) is 273 Å². The van der Waals surface area contributed by atoms with E-state index in [-0.39, 0.29) is 137 Å². The van der Waals surface area contributed by atoms with E-state index >= 15 is 0 Å². The molecule has 15 nitrogen and oxygen atoms in total. The van der Waals surface area contributed by atoms with E-state index in [9.17, 15) is 0 Å². The summed E-state index contributed by atoms with van der Waals surface area (Å²) in [5.41, 5.74) is 0.0770. The van der Waals surface area contributed by atoms with E-state index in [0.717, 1.165) is 0 Å². The van der Waals surface area contributed by atoms with Crippen LogP contribution in [0.15, 0.2) is 455 Å². The number of para-hydroxylation sites is 15. The molecule has 0 heterocycles. The van der Waals surface area contributed by atoms with Gasteiger partial charge >= 0.3 is 0 Å². The van der Waals surface area contributed by atoms with Gasteiger partial charge in [0.2, 0.25) is 51.7 Å². The lowest BCUT2D eigenvalue weighted by atomic mass is 9.35. The highest BCUT2D eigenvalue weighted by Crippen LogP contribution is 2.62. The second-order valence-corrected chi connectivity index (χ2v) is 27.8. The van der Waals surface area contributed by atoms with Crippen LogP contribution < -0.4 is 87.4 Å². The van der Waals surface area contributed by atoms with Crippen LogP contribution in [0.5, 0.6) is 172 Å². The van der Waals surface area contributed by atoms with Crippen LogP contribution in [-0.2, 0) is 0 Å². The molecule has 0 aromatic heterocycles. The van der Waals surface area contributed by atoms with E-state index in [1.807, 2.05) is 455 Å². The minimum absolute atomic E-state index is 0.0257. The summed E-state index contributed by atoms with van der Waals surface area (Å²) in [6, 6.07) is 139. The smallest absolute Gasteiger partial charge is 0.271 e. The molecule has 600 valence electrons. The van der Waals surface area contributed by atoms with E-state index in [1.165, 1.54) is 0 Å². The maximum absolute atomic E-state index is 8.06. The van der Waals surface area contributed by atoms with Crippen molar-refractivity contribution in [3.05, 3.63) is 455 Å². The van der Waals surface area contributed by atoms with E-state index in [4.69, 9.17) is 71.1 Å². The van der Waals surface area contributed by atoms with E-state index < -0.39 is 6.71 Å². The Bertz CT molecular complexity index is 5540. The minimum Gasteiger partial charge on any atom is -0.454 e. The molecule has 18 aromatic carbocycles. The molecular formula is C108H75BO15. The zero-order valence-electron chi connectivity index (χ0n) is 66.5. The molecule has 124 heavy (non-hydrogen) atoms. The predicted octanol–water partition coefficient (Wildman–Crippen LogP) is 29.1. The minimum atomic E-state index is -1.89. The van der Waals surface area contributed by atoms with Crippen molar-refractivity contribution in [2.24, 2.45) is 0 Å². The Labute approximate surface area is 717 Å². The zero-order valence-corrected chi connectivity index (χ0v) is 66.5. The van der Waals surface area contributed by atoms with Crippen LogP contribution in [0.4, 0.5) is 0 Å². The van der Waals surface area contributed by atoms with Gasteiger partial charge in [0.15, 0.2) is 34.5 Å². The van der Waals surface area contributed by atoms with Crippen molar-refractivity contribution < 1.29 is 71.1 Å². The van der Waals surface area contributed by atoms with Crippen molar-refractivity contribution in [1.29, 1.82) is 0 Å². The lowest BCUT2D eigenvalue weighted by Gasteiger charge is -2.33. The standard InChI is InChI=1S/C108H75BO15/c1-16-46-76(47-17-1)110-94-91(95(111-77-48-18-2-19-49-77)101(117-83-60-30-8-31-61-83)106(122-88-70-40-13-41-71-88)100(94)116-82-58-28-7-29-59-82)109(92-96(112-78-50-20-3-21-51-78)102(118-84-62-32-9-33-63-84)107(123-89-72-42-14-43-73-89)103(119-85-64-34-10-35-65-85)97(92)113-79-52-22-4-23-53-79)93-98(114-80-54-24-5-25-55-80)104(120-86-66-36-11-37-67-86)108(124-90-74-44-15-45-75-90)105(121-87-68-38-12-39-69-87)99(93)115-81-56-26-6-27-57-81/h1-75H. The summed E-state index contributed by atoms with van der Waals surface area (Å²) >= 11 is 0. The third-order valence-electron chi connectivity index (χ3n) is 19.3. The molecule has 16 heteroatoms. The summed E-state index contributed by atoms with van der Waals surface area (Å²) < 4.78 is 118. The molecule has 0 unspecified atom stereocenters. The van der Waals surface area contributed by atoms with E-state index in [0.29, 0.717) is 51.7 Å². The highest BCUT2D eigenvalue weighted by atomic mass is 16.6. The van der Waals surface area contributed by atoms with Gasteiger partial charge in [-0.05, 0) is 182 Å². The Morgan fingerprint density at radius 3 is 0.250 bits per heavy atom. The van der Waals surface area contributed by atoms with Crippen LogP contribution in [-0.4, -0.2) is 6.71 Å². The van der Waals surface area contributed by atoms with Gasteiger partial charge in [-0.3, -0.25) is 0 Å². The van der Waals surface area contributed by atoms with Crippen LogP contribution in [0, 0.1) is 0 Å². The summed E-state index contributed by atoms with van der Waals surface area (Å²) in [4.78, 5) is 0. The quantitative estimate of drug-likeness (QED) is 0.0360. The molecule has 0 atom stereocenters. The van der Waals surface area contributed by atoms with Crippen molar-refractivity contribution >= 4 is 23.1 Å². The topological polar surface area (TPSA) is 138 Å². The van der Waals surface area contributed by atoms with Gasteiger partial charge in [0.05, 0.1) is 0 Å². The van der Waals surface area contributed by atoms with E-state index in [1.54, 1.807) is 0 Å². The number of benzene rings is 18. The molecule has 18 rings (SSSR count). The average Bonchev–Trinajstić information content (AvgIpc) is 0.704. The first kappa shape index (κ1) is 78.2. The van der Waals surface area contributed by atoms with Gasteiger partial charge in [-0.2, -0.15) is 0 Å². The molecule has 0 aliphatic carbocycles. The number of hydrogen-bond donors (Lipinski definition) is 0. The molecule has 0 saturated heterocycles. The summed E-state index contributed by atoms with van der Waals surface area (Å²) in [5.74, 6) is 3.62. The molecule has 0 fully saturated rings. The summed E-state index contributed by atoms with van der Waals surface area (Å²) in [6.45, 7) is -1.89. The normalized spacial score (nSPS) is 10.7. The predicted molar refractivity (Wildman–Crippen MR) is 482 cm³/mol. The fourth-order valence-electron chi connectivity index (χ4n) is 13.7. The molecule has 0 aliphatic rings. The molecule has 18 aromatic rings. The fraction of sp³-hybridized carbons (Fsp3) is 0. The highest BCUT2D eigenvalue weighted by Gasteiger charge is 2.50. The molecule has 0 spiro atoms. The lowest BCUT2D eigenvalue weighted by molar-refractivity contribution is 0.351. The lowest BCUT2D eigenvalue weighted by Crippen LogP contribution is -2.54. The van der Waals surface area contributed by atoms with Crippen LogP contribution in [0.3, 0.4) is 0 Å². The Kier molecular flexibility index (Phi) is 24.1. The largest absolute Gasteiger partial charge is 0.454 e. The van der Waals surface area contributed by atoms with Crippen molar-refractivity contribution in [3.63, 3.8) is 0 Å². The first-order chi connectivity index (χ1) is 61.5. The summed E-state index contributed by atoms with van der Waals surface area (Å²) in [6.07, 6.45) is 0. The second kappa shape index (κ2) is 38.2. The van der Waals surface area contributed by atoms with Gasteiger partial charge in [0, 0.05) is 16.4 Å². The Hall–Kier alpha value is -17.0. The maximum atomic E-state index is 8.06. The van der Waals surface area contributed by atoms with Gasteiger partial charge in [-0.25, -0.2) is 0 Å². The zero-order chi connectivity index (χ0) is 83.3. The molecule has 0 saturated carbocycles. The van der Waals surface area contributed by atoms with Crippen LogP contribution >= 0.6 is 0 Å². The van der Waals surface area contributed by atoms with Crippen LogP contribution in [0.1, 0.15) is 0 Å². The molecule has 0 amide bonds. The SMILES string of the molecule is c1ccc(Oc2c(Oc3ccccc3)c(Oc3ccccc3)c(B(c3c(Oc4ccccc4)c(Oc4ccccc4)c(Oc4ccccc4)c(Oc4ccccc4)c3Oc3ccccc3)c3c(Oc4ccccc4)c(Oc4ccccc4)c(Oc4ccccc4)c(Oc4ccccc4)c3Oc3ccccc3)c(Oc3ccccc3)c2Oc2ccccc2)cc1. The van der Waals surface area contributed by atoms with Crippen molar-refractivity contribution in [1.82, 2.24) is 0 Å². The molecule has 0 radical (unpaired) electrons. The molecule has 0 N–H and O–H groups in total. The van der Waals surface area contributed by atoms with Crippen molar-refractivity contribution in [2.75, 3.05) is 0 Å². The average molecular weight is 1620 g/mol. The number of rotatable bonds is 33. The van der Waals surface area contributed by atoms with Crippen molar-refractivity contribution in [2.45, 2.75) is 0 Å². The first-order valence-corrected chi connectivity index (χ1v) is 40.2. The second-order valence-electron chi connectivity index (χ2n) is 27.8. The summed E-state index contributed by atoms with van der Waals surface area (Å²) in [7, 11) is 0. The summed E-state index contributed by atoms with van der Waals surface area (Å²) in [5, 5.41) is 0. The monoisotopic (exact) mass is 1620 g/mol. The van der Waals surface area contributed by atoms with Crippen molar-refractivity contribution in [3.8, 4) is 172 Å². The number of hydrogen-bond acceptors (Lipinski definition) is 15. The Morgan fingerprint density at radius 2 is 0.161 bits per heavy atom. The molecule has 0 aliphatic heterocycles. The molecule has 0 bridgehead atoms. The van der Waals surface area contributed by atoms with Crippen LogP contribution in [0.2, 0.25) is 0 Å². The van der Waals surface area contributed by atoms with Gasteiger partial charge in [-0.15, -0.1) is 0 Å². The van der Waals surface area contributed by atoms with E-state index in [2.05, 4.69) is 0 Å². The molecular weight excluding hydrogens is 1550 g/mol. The maximum Gasteiger partial charge on any atom is 0.271 e.